The maximum Gasteiger partial charge on any atom is 0.308 e. The number of carbonyl (C=O) groups is 2. The van der Waals surface area contributed by atoms with Crippen molar-refractivity contribution in [2.75, 3.05) is 20.2 Å². The molecule has 1 unspecified atom stereocenters. The Bertz CT molecular complexity index is 664. The Hall–Kier alpha value is -2.04. The molecule has 0 aromatic heterocycles. The number of amides is 1. The summed E-state index contributed by atoms with van der Waals surface area (Å²) >= 11 is 0. The lowest BCUT2D eigenvalue weighted by atomic mass is 9.76. The Morgan fingerprint density at radius 2 is 1.96 bits per heavy atom. The largest absolute Gasteiger partial charge is 0.496 e. The lowest BCUT2D eigenvalue weighted by Gasteiger charge is -2.38. The monoisotopic (exact) mass is 345 g/mol. The van der Waals surface area contributed by atoms with Crippen molar-refractivity contribution in [1.29, 1.82) is 0 Å². The number of hydrogen-bond acceptors (Lipinski definition) is 3. The van der Waals surface area contributed by atoms with Crippen molar-refractivity contribution >= 4 is 11.9 Å². The molecule has 2 fully saturated rings. The number of ether oxygens (including phenoxy) is 1. The van der Waals surface area contributed by atoms with Crippen LogP contribution >= 0.6 is 0 Å². The van der Waals surface area contributed by atoms with Crippen LogP contribution in [-0.2, 0) is 15.0 Å². The maximum absolute atomic E-state index is 13.5. The minimum atomic E-state index is -0.796. The van der Waals surface area contributed by atoms with Crippen molar-refractivity contribution < 1.29 is 19.4 Å². The lowest BCUT2D eigenvalue weighted by molar-refractivity contribution is -0.147. The van der Waals surface area contributed by atoms with E-state index in [0.717, 1.165) is 49.0 Å². The van der Waals surface area contributed by atoms with Gasteiger partial charge in [-0.2, -0.15) is 0 Å². The number of benzene rings is 1. The van der Waals surface area contributed by atoms with Crippen molar-refractivity contribution in [3.63, 3.8) is 0 Å². The number of nitrogens with zero attached hydrogens (tertiary/aromatic N) is 1. The van der Waals surface area contributed by atoms with Crippen LogP contribution in [0.3, 0.4) is 0 Å². The summed E-state index contributed by atoms with van der Waals surface area (Å²) in [7, 11) is 1.65. The van der Waals surface area contributed by atoms with Gasteiger partial charge in [-0.25, -0.2) is 0 Å². The van der Waals surface area contributed by atoms with Gasteiger partial charge in [-0.1, -0.05) is 25.0 Å². The van der Waals surface area contributed by atoms with E-state index in [4.69, 9.17) is 4.74 Å². The molecule has 136 valence electrons. The number of methoxy groups -OCH3 is 1. The molecular weight excluding hydrogens is 318 g/mol. The molecule has 0 bridgehead atoms. The van der Waals surface area contributed by atoms with Crippen molar-refractivity contribution in [2.45, 2.75) is 50.9 Å². The fourth-order valence-electron chi connectivity index (χ4n) is 4.39. The van der Waals surface area contributed by atoms with Crippen LogP contribution in [0.15, 0.2) is 18.2 Å². The second kappa shape index (κ2) is 7.06. The van der Waals surface area contributed by atoms with E-state index in [9.17, 15) is 14.7 Å². The number of likely N-dealkylation sites (tertiary alicyclic amines) is 1. The van der Waals surface area contributed by atoms with Crippen molar-refractivity contribution in [1.82, 2.24) is 4.90 Å². The van der Waals surface area contributed by atoms with Crippen LogP contribution in [0.5, 0.6) is 5.75 Å². The van der Waals surface area contributed by atoms with E-state index < -0.39 is 17.3 Å². The van der Waals surface area contributed by atoms with Crippen molar-refractivity contribution in [2.24, 2.45) is 5.92 Å². The molecule has 0 spiro atoms. The highest BCUT2D eigenvalue weighted by Crippen LogP contribution is 2.44. The lowest BCUT2D eigenvalue weighted by Crippen LogP contribution is -2.50. The summed E-state index contributed by atoms with van der Waals surface area (Å²) < 4.78 is 5.46. The van der Waals surface area contributed by atoms with E-state index in [2.05, 4.69) is 0 Å². The van der Waals surface area contributed by atoms with Crippen LogP contribution in [0.2, 0.25) is 0 Å². The molecule has 3 rings (SSSR count). The average Bonchev–Trinajstić information content (AvgIpc) is 3.12. The summed E-state index contributed by atoms with van der Waals surface area (Å²) in [5, 5.41) is 9.33. The van der Waals surface area contributed by atoms with Gasteiger partial charge in [0.1, 0.15) is 5.75 Å². The number of aryl methyl sites for hydroxylation is 1. The quantitative estimate of drug-likeness (QED) is 0.910. The zero-order valence-corrected chi connectivity index (χ0v) is 15.1. The van der Waals surface area contributed by atoms with Gasteiger partial charge >= 0.3 is 5.97 Å². The SMILES string of the molecule is COc1cc(C2(C(=O)N3CCCC(C(=O)O)C3)CCCC2)ccc1C. The summed E-state index contributed by atoms with van der Waals surface area (Å²) in [6.45, 7) is 2.99. The molecule has 5 nitrogen and oxygen atoms in total. The molecule has 1 heterocycles. The first kappa shape index (κ1) is 17.8. The molecule has 1 aliphatic heterocycles. The summed E-state index contributed by atoms with van der Waals surface area (Å²) in [5.74, 6) is -0.334. The zero-order valence-electron chi connectivity index (χ0n) is 15.1. The molecule has 1 atom stereocenters. The van der Waals surface area contributed by atoms with Crippen LogP contribution in [0.1, 0.15) is 49.7 Å². The highest BCUT2D eigenvalue weighted by atomic mass is 16.5. The van der Waals surface area contributed by atoms with E-state index in [1.54, 1.807) is 12.0 Å². The first-order chi connectivity index (χ1) is 12.0. The molecule has 2 aliphatic rings. The Morgan fingerprint density at radius 1 is 1.24 bits per heavy atom. The second-order valence-corrected chi connectivity index (χ2v) is 7.40. The standard InChI is InChI=1S/C20H27NO4/c1-14-7-8-16(12-17(14)25-2)20(9-3-4-10-20)19(24)21-11-5-6-15(13-21)18(22)23/h7-8,12,15H,3-6,9-11,13H2,1-2H3,(H,22,23). The molecule has 1 saturated carbocycles. The van der Waals surface area contributed by atoms with Gasteiger partial charge in [0.2, 0.25) is 5.91 Å². The normalized spacial score (nSPS) is 22.6. The topological polar surface area (TPSA) is 66.8 Å². The molecule has 1 aromatic carbocycles. The number of carbonyl (C=O) groups excluding carboxylic acids is 1. The third kappa shape index (κ3) is 3.24. The third-order valence-electron chi connectivity index (χ3n) is 5.88. The first-order valence-electron chi connectivity index (χ1n) is 9.15. The molecular formula is C20H27NO4. The smallest absolute Gasteiger partial charge is 0.308 e. The van der Waals surface area contributed by atoms with E-state index in [0.29, 0.717) is 19.5 Å². The molecule has 5 heteroatoms. The van der Waals surface area contributed by atoms with E-state index >= 15 is 0 Å². The Labute approximate surface area is 149 Å². The third-order valence-corrected chi connectivity index (χ3v) is 5.88. The van der Waals surface area contributed by atoms with Crippen molar-refractivity contribution in [3.05, 3.63) is 29.3 Å². The fraction of sp³-hybridized carbons (Fsp3) is 0.600. The predicted octanol–water partition coefficient (Wildman–Crippen LogP) is 3.14. The maximum atomic E-state index is 13.5. The second-order valence-electron chi connectivity index (χ2n) is 7.40. The van der Waals surface area contributed by atoms with Gasteiger partial charge in [0.15, 0.2) is 0 Å². The van der Waals surface area contributed by atoms with Gasteiger partial charge in [0, 0.05) is 13.1 Å². The molecule has 1 amide bonds. The van der Waals surface area contributed by atoms with Gasteiger partial charge in [0.25, 0.3) is 0 Å². The summed E-state index contributed by atoms with van der Waals surface area (Å²) in [4.78, 5) is 26.6. The molecule has 1 aliphatic carbocycles. The number of piperidine rings is 1. The van der Waals surface area contributed by atoms with Crippen LogP contribution in [0.4, 0.5) is 0 Å². The summed E-state index contributed by atoms with van der Waals surface area (Å²) in [6.07, 6.45) is 5.12. The van der Waals surface area contributed by atoms with E-state index in [1.807, 2.05) is 25.1 Å². The number of carboxylic acids is 1. The number of hydrogen-bond donors (Lipinski definition) is 1. The molecule has 1 saturated heterocycles. The van der Waals surface area contributed by atoms with Crippen molar-refractivity contribution in [3.8, 4) is 5.75 Å². The van der Waals surface area contributed by atoms with Gasteiger partial charge in [-0.15, -0.1) is 0 Å². The van der Waals surface area contributed by atoms with Gasteiger partial charge < -0.3 is 14.7 Å². The predicted molar refractivity (Wildman–Crippen MR) is 94.8 cm³/mol. The fourth-order valence-corrected chi connectivity index (χ4v) is 4.39. The molecule has 1 aromatic rings. The minimum absolute atomic E-state index is 0.0989. The van der Waals surface area contributed by atoms with E-state index in [1.165, 1.54) is 0 Å². The van der Waals surface area contributed by atoms with Gasteiger partial charge in [0.05, 0.1) is 18.4 Å². The van der Waals surface area contributed by atoms with Crippen LogP contribution < -0.4 is 4.74 Å². The molecule has 0 radical (unpaired) electrons. The summed E-state index contributed by atoms with van der Waals surface area (Å²) in [5.41, 5.74) is 1.53. The number of carboxylic acid groups (broad SMARTS) is 1. The average molecular weight is 345 g/mol. The van der Waals surface area contributed by atoms with Gasteiger partial charge in [-0.3, -0.25) is 9.59 Å². The zero-order chi connectivity index (χ0) is 18.0. The van der Waals surface area contributed by atoms with Crippen LogP contribution in [0, 0.1) is 12.8 Å². The number of aliphatic carboxylic acids is 1. The Balaban J connectivity index is 1.92. The highest BCUT2D eigenvalue weighted by molar-refractivity contribution is 5.89. The Kier molecular flexibility index (Phi) is 5.02. The first-order valence-corrected chi connectivity index (χ1v) is 9.15. The Morgan fingerprint density at radius 3 is 2.60 bits per heavy atom. The minimum Gasteiger partial charge on any atom is -0.496 e. The van der Waals surface area contributed by atoms with Crippen LogP contribution in [0.25, 0.3) is 0 Å². The van der Waals surface area contributed by atoms with Crippen LogP contribution in [-0.4, -0.2) is 42.1 Å². The van der Waals surface area contributed by atoms with Gasteiger partial charge in [-0.05, 0) is 49.8 Å². The molecule has 1 N–H and O–H groups in total. The molecule has 25 heavy (non-hydrogen) atoms. The summed E-state index contributed by atoms with van der Waals surface area (Å²) in [6, 6.07) is 6.05. The highest BCUT2D eigenvalue weighted by Gasteiger charge is 2.46. The number of rotatable bonds is 4. The van der Waals surface area contributed by atoms with E-state index in [-0.39, 0.29) is 5.91 Å².